The number of hydrogen-bond acceptors (Lipinski definition) is 1. The van der Waals surface area contributed by atoms with Gasteiger partial charge in [-0.05, 0) is 56.3 Å². The molecule has 2 nitrogen and oxygen atoms in total. The van der Waals surface area contributed by atoms with Crippen molar-refractivity contribution in [3.8, 4) is 0 Å². The van der Waals surface area contributed by atoms with Gasteiger partial charge in [0.15, 0.2) is 0 Å². The molecule has 0 aliphatic heterocycles. The van der Waals surface area contributed by atoms with Crippen LogP contribution in [0.1, 0.15) is 84.5 Å². The van der Waals surface area contributed by atoms with E-state index in [0.717, 1.165) is 50.4 Å². The van der Waals surface area contributed by atoms with Gasteiger partial charge in [0, 0.05) is 0 Å². The molecule has 2 saturated carbocycles. The van der Waals surface area contributed by atoms with Crippen LogP contribution in [-0.4, -0.2) is 11.1 Å². The van der Waals surface area contributed by atoms with Crippen molar-refractivity contribution in [3.05, 3.63) is 0 Å². The molecule has 0 heterocycles. The van der Waals surface area contributed by atoms with Crippen LogP contribution in [0.15, 0.2) is 0 Å². The standard InChI is InChI=1S/C18H32O2/c1-3-4-7-15-9-11-18(12-10-15,17(19)20)16-8-5-6-14(2)13-16/h14-16H,3-13H2,1-2H3,(H,19,20). The molecule has 0 aromatic heterocycles. The molecular weight excluding hydrogens is 248 g/mol. The van der Waals surface area contributed by atoms with Crippen LogP contribution in [0.5, 0.6) is 0 Å². The maximum absolute atomic E-state index is 12.0. The van der Waals surface area contributed by atoms with Crippen LogP contribution in [0, 0.1) is 23.2 Å². The monoisotopic (exact) mass is 280 g/mol. The average Bonchev–Trinajstić information content (AvgIpc) is 2.45. The topological polar surface area (TPSA) is 37.3 Å². The third-order valence-electron chi connectivity index (χ3n) is 6.11. The molecule has 116 valence electrons. The molecule has 0 saturated heterocycles. The van der Waals surface area contributed by atoms with Gasteiger partial charge in [0.1, 0.15) is 0 Å². The summed E-state index contributed by atoms with van der Waals surface area (Å²) in [6.45, 7) is 4.54. The van der Waals surface area contributed by atoms with Crippen molar-refractivity contribution < 1.29 is 9.90 Å². The van der Waals surface area contributed by atoms with Crippen molar-refractivity contribution in [2.75, 3.05) is 0 Å². The lowest BCUT2D eigenvalue weighted by Crippen LogP contribution is -2.43. The Labute approximate surface area is 124 Å². The second-order valence-corrected chi connectivity index (χ2v) is 7.52. The summed E-state index contributed by atoms with van der Waals surface area (Å²) in [5.41, 5.74) is -0.378. The summed E-state index contributed by atoms with van der Waals surface area (Å²) in [5, 5.41) is 9.89. The van der Waals surface area contributed by atoms with Crippen molar-refractivity contribution in [1.29, 1.82) is 0 Å². The van der Waals surface area contributed by atoms with Crippen molar-refractivity contribution >= 4 is 5.97 Å². The van der Waals surface area contributed by atoms with E-state index >= 15 is 0 Å². The van der Waals surface area contributed by atoms with Crippen molar-refractivity contribution in [3.63, 3.8) is 0 Å². The Morgan fingerprint density at radius 1 is 1.20 bits per heavy atom. The second kappa shape index (κ2) is 6.95. The van der Waals surface area contributed by atoms with E-state index < -0.39 is 5.97 Å². The fourth-order valence-electron chi connectivity index (χ4n) is 4.71. The second-order valence-electron chi connectivity index (χ2n) is 7.52. The molecule has 2 aliphatic rings. The van der Waals surface area contributed by atoms with Gasteiger partial charge in [-0.2, -0.15) is 0 Å². The van der Waals surface area contributed by atoms with Gasteiger partial charge in [0.2, 0.25) is 0 Å². The molecule has 2 unspecified atom stereocenters. The Morgan fingerprint density at radius 3 is 2.45 bits per heavy atom. The van der Waals surface area contributed by atoms with Crippen LogP contribution in [0.25, 0.3) is 0 Å². The first-order valence-corrected chi connectivity index (χ1v) is 8.82. The van der Waals surface area contributed by atoms with E-state index in [1.54, 1.807) is 0 Å². The minimum Gasteiger partial charge on any atom is -0.481 e. The summed E-state index contributed by atoms with van der Waals surface area (Å²) in [6.07, 6.45) is 12.9. The van der Waals surface area contributed by atoms with Crippen LogP contribution in [0.2, 0.25) is 0 Å². The van der Waals surface area contributed by atoms with Crippen LogP contribution in [0.4, 0.5) is 0 Å². The van der Waals surface area contributed by atoms with Gasteiger partial charge in [-0.3, -0.25) is 4.79 Å². The maximum Gasteiger partial charge on any atom is 0.309 e. The summed E-state index contributed by atoms with van der Waals surface area (Å²) in [5.74, 6) is 1.47. The zero-order valence-electron chi connectivity index (χ0n) is 13.4. The lowest BCUT2D eigenvalue weighted by atomic mass is 9.58. The molecule has 2 heteroatoms. The number of carbonyl (C=O) groups is 1. The van der Waals surface area contributed by atoms with E-state index in [1.807, 2.05) is 0 Å². The fourth-order valence-corrected chi connectivity index (χ4v) is 4.71. The smallest absolute Gasteiger partial charge is 0.309 e. The van der Waals surface area contributed by atoms with E-state index in [2.05, 4.69) is 13.8 Å². The number of carboxylic acids is 1. The Bertz CT molecular complexity index is 315. The van der Waals surface area contributed by atoms with Crippen LogP contribution in [0.3, 0.4) is 0 Å². The molecule has 0 bridgehead atoms. The molecule has 1 N–H and O–H groups in total. The van der Waals surface area contributed by atoms with Crippen LogP contribution < -0.4 is 0 Å². The predicted molar refractivity (Wildman–Crippen MR) is 82.7 cm³/mol. The zero-order valence-corrected chi connectivity index (χ0v) is 13.4. The Kier molecular flexibility index (Phi) is 5.51. The number of hydrogen-bond donors (Lipinski definition) is 1. The molecule has 0 radical (unpaired) electrons. The highest BCUT2D eigenvalue weighted by Gasteiger charge is 2.48. The van der Waals surface area contributed by atoms with Gasteiger partial charge in [-0.25, -0.2) is 0 Å². The van der Waals surface area contributed by atoms with Gasteiger partial charge in [0.25, 0.3) is 0 Å². The summed E-state index contributed by atoms with van der Waals surface area (Å²) in [7, 11) is 0. The summed E-state index contributed by atoms with van der Waals surface area (Å²) < 4.78 is 0. The Hall–Kier alpha value is -0.530. The molecule has 0 aromatic rings. The Morgan fingerprint density at radius 2 is 1.90 bits per heavy atom. The third-order valence-corrected chi connectivity index (χ3v) is 6.11. The van der Waals surface area contributed by atoms with Gasteiger partial charge < -0.3 is 5.11 Å². The Balaban J connectivity index is 1.99. The van der Waals surface area contributed by atoms with E-state index in [9.17, 15) is 9.90 Å². The molecule has 0 aromatic carbocycles. The largest absolute Gasteiger partial charge is 0.481 e. The summed E-state index contributed by atoms with van der Waals surface area (Å²) in [6, 6.07) is 0. The minimum atomic E-state index is -0.495. The van der Waals surface area contributed by atoms with Crippen molar-refractivity contribution in [2.24, 2.45) is 23.2 Å². The van der Waals surface area contributed by atoms with E-state index in [1.165, 1.54) is 32.1 Å². The van der Waals surface area contributed by atoms with Crippen LogP contribution >= 0.6 is 0 Å². The molecule has 0 amide bonds. The first-order valence-electron chi connectivity index (χ1n) is 8.82. The van der Waals surface area contributed by atoms with E-state index in [-0.39, 0.29) is 5.41 Å². The van der Waals surface area contributed by atoms with Gasteiger partial charge in [-0.1, -0.05) is 46.0 Å². The van der Waals surface area contributed by atoms with E-state index in [0.29, 0.717) is 5.92 Å². The van der Waals surface area contributed by atoms with Gasteiger partial charge in [-0.15, -0.1) is 0 Å². The van der Waals surface area contributed by atoms with Crippen LogP contribution in [-0.2, 0) is 4.79 Å². The fraction of sp³-hybridized carbons (Fsp3) is 0.944. The average molecular weight is 280 g/mol. The van der Waals surface area contributed by atoms with Crippen molar-refractivity contribution in [1.82, 2.24) is 0 Å². The molecule has 2 rings (SSSR count). The molecular formula is C18H32O2. The number of aliphatic carboxylic acids is 1. The molecule has 0 spiro atoms. The first kappa shape index (κ1) is 15.9. The van der Waals surface area contributed by atoms with Gasteiger partial charge in [0.05, 0.1) is 5.41 Å². The SMILES string of the molecule is CCCCC1CCC(C(=O)O)(C2CCCC(C)C2)CC1. The summed E-state index contributed by atoms with van der Waals surface area (Å²) >= 11 is 0. The van der Waals surface area contributed by atoms with E-state index in [4.69, 9.17) is 0 Å². The maximum atomic E-state index is 12.0. The highest BCUT2D eigenvalue weighted by atomic mass is 16.4. The highest BCUT2D eigenvalue weighted by Crippen LogP contribution is 2.51. The van der Waals surface area contributed by atoms with Crippen molar-refractivity contribution in [2.45, 2.75) is 84.5 Å². The lowest BCUT2D eigenvalue weighted by Gasteiger charge is -2.45. The minimum absolute atomic E-state index is 0.378. The first-order chi connectivity index (χ1) is 9.58. The normalized spacial score (nSPS) is 38.6. The molecule has 2 aliphatic carbocycles. The highest BCUT2D eigenvalue weighted by molar-refractivity contribution is 5.75. The molecule has 20 heavy (non-hydrogen) atoms. The third kappa shape index (κ3) is 3.38. The summed E-state index contributed by atoms with van der Waals surface area (Å²) in [4.78, 5) is 12.0. The number of unbranched alkanes of at least 4 members (excludes halogenated alkanes) is 1. The zero-order chi connectivity index (χ0) is 14.6. The predicted octanol–water partition coefficient (Wildman–Crippen LogP) is 5.26. The number of rotatable bonds is 5. The molecule has 2 atom stereocenters. The quantitative estimate of drug-likeness (QED) is 0.745. The lowest BCUT2D eigenvalue weighted by molar-refractivity contribution is -0.158. The van der Waals surface area contributed by atoms with Gasteiger partial charge >= 0.3 is 5.97 Å². The number of carboxylic acid groups (broad SMARTS) is 1. The molecule has 2 fully saturated rings.